The van der Waals surface area contributed by atoms with Crippen molar-refractivity contribution >= 4 is 35.5 Å². The minimum atomic E-state index is -0.299. The average molecular weight is 441 g/mol. The van der Waals surface area contributed by atoms with Gasteiger partial charge in [0, 0.05) is 21.2 Å². The summed E-state index contributed by atoms with van der Waals surface area (Å²) in [5.41, 5.74) is 4.84. The molecule has 0 bridgehead atoms. The molecule has 0 unspecified atom stereocenters. The van der Waals surface area contributed by atoms with E-state index in [1.165, 1.54) is 12.3 Å². The predicted molar refractivity (Wildman–Crippen MR) is 122 cm³/mol. The number of halogens is 1. The molecule has 154 valence electrons. The summed E-state index contributed by atoms with van der Waals surface area (Å²) in [5, 5.41) is 14.4. The van der Waals surface area contributed by atoms with Crippen LogP contribution in [0.1, 0.15) is 28.4 Å². The summed E-state index contributed by atoms with van der Waals surface area (Å²) in [6.45, 7) is 2.28. The van der Waals surface area contributed by atoms with E-state index in [2.05, 4.69) is 10.5 Å². The molecule has 3 rings (SSSR count). The van der Waals surface area contributed by atoms with Gasteiger partial charge >= 0.3 is 0 Å². The third kappa shape index (κ3) is 6.27. The molecule has 0 saturated heterocycles. The van der Waals surface area contributed by atoms with E-state index in [4.69, 9.17) is 16.3 Å². The fourth-order valence-electron chi connectivity index (χ4n) is 2.56. The van der Waals surface area contributed by atoms with Crippen LogP contribution in [0.3, 0.4) is 0 Å². The van der Waals surface area contributed by atoms with Crippen molar-refractivity contribution in [2.45, 2.75) is 17.6 Å². The summed E-state index contributed by atoms with van der Waals surface area (Å²) >= 11 is 7.60. The van der Waals surface area contributed by atoms with Gasteiger partial charge in [0.2, 0.25) is 0 Å². The zero-order valence-electron chi connectivity index (χ0n) is 16.3. The number of hydrazone groups is 1. The maximum atomic E-state index is 12.3. The third-order valence-electron chi connectivity index (χ3n) is 4.10. The van der Waals surface area contributed by atoms with E-state index in [0.717, 1.165) is 21.2 Å². The van der Waals surface area contributed by atoms with Gasteiger partial charge in [0.15, 0.2) is 11.5 Å². The van der Waals surface area contributed by atoms with Crippen LogP contribution in [0.2, 0.25) is 5.02 Å². The van der Waals surface area contributed by atoms with Crippen molar-refractivity contribution in [3.05, 3.63) is 88.4 Å². The molecule has 0 aromatic heterocycles. The van der Waals surface area contributed by atoms with Gasteiger partial charge in [-0.3, -0.25) is 4.79 Å². The fraction of sp³-hybridized carbons (Fsp3) is 0.130. The van der Waals surface area contributed by atoms with Gasteiger partial charge in [-0.2, -0.15) is 5.10 Å². The normalized spacial score (nSPS) is 10.9. The number of thioether (sulfide) groups is 1. The third-order valence-corrected chi connectivity index (χ3v) is 5.43. The van der Waals surface area contributed by atoms with Crippen molar-refractivity contribution in [3.63, 3.8) is 0 Å². The van der Waals surface area contributed by atoms with Crippen molar-refractivity contribution in [3.8, 4) is 11.5 Å². The molecule has 3 aromatic carbocycles. The molecule has 0 radical (unpaired) electrons. The fourth-order valence-corrected chi connectivity index (χ4v) is 3.54. The lowest BCUT2D eigenvalue weighted by Crippen LogP contribution is -2.17. The minimum Gasteiger partial charge on any atom is -0.504 e. The summed E-state index contributed by atoms with van der Waals surface area (Å²) in [6, 6.07) is 20.0. The lowest BCUT2D eigenvalue weighted by atomic mass is 10.1. The Balaban J connectivity index is 1.53. The van der Waals surface area contributed by atoms with Crippen LogP contribution >= 0.6 is 23.4 Å². The number of hydrogen-bond donors (Lipinski definition) is 2. The number of ether oxygens (including phenoxy) is 1. The molecule has 5 nitrogen and oxygen atoms in total. The molecule has 0 aliphatic heterocycles. The molecule has 0 atom stereocenters. The Kier molecular flexibility index (Phi) is 7.76. The van der Waals surface area contributed by atoms with Crippen molar-refractivity contribution in [2.24, 2.45) is 5.10 Å². The first kappa shape index (κ1) is 21.7. The van der Waals surface area contributed by atoms with Gasteiger partial charge in [-0.1, -0.05) is 23.7 Å². The monoisotopic (exact) mass is 440 g/mol. The Labute approximate surface area is 184 Å². The summed E-state index contributed by atoms with van der Waals surface area (Å²) in [6.07, 6.45) is 1.50. The Morgan fingerprint density at radius 1 is 1.13 bits per heavy atom. The molecular weight excluding hydrogens is 420 g/mol. The minimum absolute atomic E-state index is 0.0624. The maximum Gasteiger partial charge on any atom is 0.271 e. The number of amides is 1. The highest BCUT2D eigenvalue weighted by molar-refractivity contribution is 7.98. The zero-order chi connectivity index (χ0) is 21.3. The topological polar surface area (TPSA) is 70.9 Å². The van der Waals surface area contributed by atoms with Gasteiger partial charge < -0.3 is 9.84 Å². The molecule has 0 spiro atoms. The molecule has 0 heterocycles. The second-order valence-electron chi connectivity index (χ2n) is 6.30. The van der Waals surface area contributed by atoms with Crippen molar-refractivity contribution in [2.75, 3.05) is 6.61 Å². The highest BCUT2D eigenvalue weighted by atomic mass is 35.5. The lowest BCUT2D eigenvalue weighted by molar-refractivity contribution is 0.0955. The van der Waals surface area contributed by atoms with Crippen LogP contribution < -0.4 is 10.2 Å². The van der Waals surface area contributed by atoms with E-state index in [1.807, 2.05) is 43.3 Å². The quantitative estimate of drug-likeness (QED) is 0.275. The van der Waals surface area contributed by atoms with E-state index in [-0.39, 0.29) is 11.7 Å². The lowest BCUT2D eigenvalue weighted by Gasteiger charge is -2.06. The molecule has 30 heavy (non-hydrogen) atoms. The first-order valence-electron chi connectivity index (χ1n) is 9.31. The second kappa shape index (κ2) is 10.7. The number of phenolic OH excluding ortho intramolecular Hbond substituents is 1. The van der Waals surface area contributed by atoms with Gasteiger partial charge in [-0.05, 0) is 72.6 Å². The molecule has 2 N–H and O–H groups in total. The summed E-state index contributed by atoms with van der Waals surface area (Å²) in [4.78, 5) is 13.4. The summed E-state index contributed by atoms with van der Waals surface area (Å²) < 4.78 is 5.33. The SMILES string of the molecule is CCOc1cc(/C=N\NC(=O)c2ccc(CSc3ccc(Cl)cc3)cc2)ccc1O. The highest BCUT2D eigenvalue weighted by Crippen LogP contribution is 2.26. The van der Waals surface area contributed by atoms with Gasteiger partial charge in [0.05, 0.1) is 12.8 Å². The smallest absolute Gasteiger partial charge is 0.271 e. The number of nitrogens with zero attached hydrogens (tertiary/aromatic N) is 1. The van der Waals surface area contributed by atoms with Crippen LogP contribution in [-0.2, 0) is 5.75 Å². The Bertz CT molecular complexity index is 1020. The molecule has 3 aromatic rings. The summed E-state index contributed by atoms with van der Waals surface area (Å²) in [5.74, 6) is 0.934. The first-order chi connectivity index (χ1) is 14.5. The Hall–Kier alpha value is -2.96. The number of carbonyl (C=O) groups excluding carboxylic acids is 1. The van der Waals surface area contributed by atoms with E-state index in [0.29, 0.717) is 23.5 Å². The molecule has 1 amide bonds. The van der Waals surface area contributed by atoms with E-state index >= 15 is 0 Å². The number of aromatic hydroxyl groups is 1. The number of benzene rings is 3. The highest BCUT2D eigenvalue weighted by Gasteiger charge is 2.05. The Morgan fingerprint density at radius 2 is 1.87 bits per heavy atom. The van der Waals surface area contributed by atoms with Crippen LogP contribution in [0.15, 0.2) is 76.7 Å². The van der Waals surface area contributed by atoms with E-state index in [1.54, 1.807) is 36.0 Å². The van der Waals surface area contributed by atoms with Crippen molar-refractivity contribution < 1.29 is 14.6 Å². The van der Waals surface area contributed by atoms with Crippen LogP contribution in [0.5, 0.6) is 11.5 Å². The largest absolute Gasteiger partial charge is 0.504 e. The molecule has 0 aliphatic carbocycles. The van der Waals surface area contributed by atoms with Gasteiger partial charge in [0.25, 0.3) is 5.91 Å². The van der Waals surface area contributed by atoms with Gasteiger partial charge in [0.1, 0.15) is 0 Å². The maximum absolute atomic E-state index is 12.3. The number of phenols is 1. The number of hydrogen-bond acceptors (Lipinski definition) is 5. The molecule has 0 fully saturated rings. The zero-order valence-corrected chi connectivity index (χ0v) is 17.9. The second-order valence-corrected chi connectivity index (χ2v) is 7.78. The predicted octanol–water partition coefficient (Wildman–Crippen LogP) is 5.50. The van der Waals surface area contributed by atoms with Crippen molar-refractivity contribution in [1.29, 1.82) is 0 Å². The number of carbonyl (C=O) groups is 1. The van der Waals surface area contributed by atoms with Crippen LogP contribution in [0.25, 0.3) is 0 Å². The average Bonchev–Trinajstić information content (AvgIpc) is 2.76. The molecule has 0 aliphatic rings. The summed E-state index contributed by atoms with van der Waals surface area (Å²) in [7, 11) is 0. The van der Waals surface area contributed by atoms with E-state index in [9.17, 15) is 9.90 Å². The Morgan fingerprint density at radius 3 is 2.57 bits per heavy atom. The van der Waals surface area contributed by atoms with Gasteiger partial charge in [-0.25, -0.2) is 5.43 Å². The first-order valence-corrected chi connectivity index (χ1v) is 10.7. The molecule has 0 saturated carbocycles. The van der Waals surface area contributed by atoms with Crippen LogP contribution in [0, 0.1) is 0 Å². The molecule has 7 heteroatoms. The van der Waals surface area contributed by atoms with Crippen LogP contribution in [0.4, 0.5) is 0 Å². The number of rotatable bonds is 8. The standard InChI is InChI=1S/C23H21ClN2O3S/c1-2-29-22-13-17(5-12-21(22)27)14-25-26-23(28)18-6-3-16(4-7-18)15-30-20-10-8-19(24)9-11-20/h3-14,27H,2,15H2,1H3,(H,26,28)/b25-14-. The van der Waals surface area contributed by atoms with Gasteiger partial charge in [-0.15, -0.1) is 11.8 Å². The van der Waals surface area contributed by atoms with Crippen LogP contribution in [-0.4, -0.2) is 23.8 Å². The van der Waals surface area contributed by atoms with E-state index < -0.39 is 0 Å². The molecular formula is C23H21ClN2O3S. The number of nitrogens with one attached hydrogen (secondary N) is 1. The van der Waals surface area contributed by atoms with Crippen molar-refractivity contribution in [1.82, 2.24) is 5.43 Å².